The molecule has 30 heavy (non-hydrogen) atoms. The SMILES string of the molecule is C/C(=C/C[C@H](O[Si](C)(C)C(C)(C)C)c1ccc2sc(C)nc2c1)CCC[C@H](C)C=O. The van der Waals surface area contributed by atoms with E-state index in [9.17, 15) is 4.79 Å². The highest BCUT2D eigenvalue weighted by atomic mass is 32.1. The molecule has 0 bridgehead atoms. The van der Waals surface area contributed by atoms with E-state index >= 15 is 0 Å². The molecule has 2 aromatic rings. The van der Waals surface area contributed by atoms with E-state index in [-0.39, 0.29) is 17.1 Å². The van der Waals surface area contributed by atoms with Crippen molar-refractivity contribution in [1.29, 1.82) is 0 Å². The van der Waals surface area contributed by atoms with E-state index in [4.69, 9.17) is 9.41 Å². The van der Waals surface area contributed by atoms with Crippen LogP contribution >= 0.6 is 11.3 Å². The van der Waals surface area contributed by atoms with Gasteiger partial charge in [-0.05, 0) is 75.4 Å². The summed E-state index contributed by atoms with van der Waals surface area (Å²) >= 11 is 1.74. The second-order valence-electron chi connectivity index (χ2n) is 10.1. The second kappa shape index (κ2) is 10.3. The van der Waals surface area contributed by atoms with Crippen molar-refractivity contribution in [2.45, 2.75) is 91.5 Å². The third-order valence-corrected chi connectivity index (χ3v) is 11.7. The van der Waals surface area contributed by atoms with Gasteiger partial charge in [0.1, 0.15) is 6.29 Å². The molecule has 2 rings (SSSR count). The fourth-order valence-corrected chi connectivity index (χ4v) is 5.33. The van der Waals surface area contributed by atoms with Crippen molar-refractivity contribution in [3.8, 4) is 0 Å². The minimum Gasteiger partial charge on any atom is -0.410 e. The molecule has 0 radical (unpaired) electrons. The summed E-state index contributed by atoms with van der Waals surface area (Å²) in [6.07, 6.45) is 7.35. The van der Waals surface area contributed by atoms with Crippen LogP contribution in [-0.4, -0.2) is 19.6 Å². The quantitative estimate of drug-likeness (QED) is 0.211. The molecule has 3 nitrogen and oxygen atoms in total. The van der Waals surface area contributed by atoms with Crippen molar-refractivity contribution in [1.82, 2.24) is 4.98 Å². The van der Waals surface area contributed by atoms with Gasteiger partial charge < -0.3 is 9.22 Å². The number of hydrogen-bond acceptors (Lipinski definition) is 4. The molecule has 0 saturated heterocycles. The maximum atomic E-state index is 10.8. The fraction of sp³-hybridized carbons (Fsp3) is 0.600. The van der Waals surface area contributed by atoms with Crippen molar-refractivity contribution >= 4 is 36.2 Å². The molecule has 5 heteroatoms. The first kappa shape index (κ1) is 25.0. The monoisotopic (exact) mass is 445 g/mol. The van der Waals surface area contributed by atoms with Crippen LogP contribution in [0.5, 0.6) is 0 Å². The summed E-state index contributed by atoms with van der Waals surface area (Å²) in [6, 6.07) is 6.62. The topological polar surface area (TPSA) is 39.2 Å². The van der Waals surface area contributed by atoms with Gasteiger partial charge in [0.2, 0.25) is 0 Å². The van der Waals surface area contributed by atoms with Crippen molar-refractivity contribution in [3.05, 3.63) is 40.4 Å². The van der Waals surface area contributed by atoms with E-state index in [0.29, 0.717) is 0 Å². The van der Waals surface area contributed by atoms with Gasteiger partial charge in [-0.25, -0.2) is 4.98 Å². The Morgan fingerprint density at radius 1 is 1.30 bits per heavy atom. The first-order valence-corrected chi connectivity index (χ1v) is 14.8. The number of thiazole rings is 1. The van der Waals surface area contributed by atoms with Crippen LogP contribution in [-0.2, 0) is 9.22 Å². The molecule has 0 spiro atoms. The number of carbonyl (C=O) groups excluding carboxylic acids is 1. The maximum absolute atomic E-state index is 10.8. The van der Waals surface area contributed by atoms with E-state index < -0.39 is 8.32 Å². The lowest BCUT2D eigenvalue weighted by Gasteiger charge is -2.39. The largest absolute Gasteiger partial charge is 0.410 e. The van der Waals surface area contributed by atoms with Gasteiger partial charge in [0, 0.05) is 5.92 Å². The number of aldehydes is 1. The molecule has 2 atom stereocenters. The third kappa shape index (κ3) is 6.86. The lowest BCUT2D eigenvalue weighted by molar-refractivity contribution is -0.110. The molecule has 1 aromatic carbocycles. The number of benzene rings is 1. The van der Waals surface area contributed by atoms with Crippen LogP contribution in [0.3, 0.4) is 0 Å². The molecule has 0 unspecified atom stereocenters. The minimum atomic E-state index is -1.92. The molecular formula is C25H39NO2SSi. The smallest absolute Gasteiger partial charge is 0.192 e. The summed E-state index contributed by atoms with van der Waals surface area (Å²) in [5, 5.41) is 1.26. The lowest BCUT2D eigenvalue weighted by atomic mass is 10.0. The van der Waals surface area contributed by atoms with Crippen LogP contribution in [0.2, 0.25) is 18.1 Å². The number of hydrogen-bond donors (Lipinski definition) is 0. The fourth-order valence-electron chi connectivity index (χ4n) is 3.23. The average molecular weight is 446 g/mol. The molecule has 0 amide bonds. The Balaban J connectivity index is 2.22. The van der Waals surface area contributed by atoms with Gasteiger partial charge in [-0.15, -0.1) is 11.3 Å². The second-order valence-corrected chi connectivity index (χ2v) is 16.1. The highest BCUT2D eigenvalue weighted by molar-refractivity contribution is 7.18. The number of allylic oxidation sites excluding steroid dienone is 1. The molecule has 0 N–H and O–H groups in total. The number of nitrogens with zero attached hydrogens (tertiary/aromatic N) is 1. The van der Waals surface area contributed by atoms with Crippen LogP contribution in [0.25, 0.3) is 10.2 Å². The Morgan fingerprint density at radius 2 is 2.00 bits per heavy atom. The van der Waals surface area contributed by atoms with E-state index in [1.165, 1.54) is 15.8 Å². The van der Waals surface area contributed by atoms with E-state index in [2.05, 4.69) is 72.0 Å². The summed E-state index contributed by atoms with van der Waals surface area (Å²) in [6.45, 7) is 17.8. The highest BCUT2D eigenvalue weighted by Gasteiger charge is 2.39. The average Bonchev–Trinajstić information content (AvgIpc) is 3.03. The van der Waals surface area contributed by atoms with Crippen LogP contribution < -0.4 is 0 Å². The first-order valence-electron chi connectivity index (χ1n) is 11.1. The summed E-state index contributed by atoms with van der Waals surface area (Å²) < 4.78 is 8.11. The summed E-state index contributed by atoms with van der Waals surface area (Å²) in [5.41, 5.74) is 3.67. The van der Waals surface area contributed by atoms with Crippen LogP contribution in [0.15, 0.2) is 29.8 Å². The lowest BCUT2D eigenvalue weighted by Crippen LogP contribution is -2.41. The maximum Gasteiger partial charge on any atom is 0.192 e. The minimum absolute atomic E-state index is 0.0427. The van der Waals surface area contributed by atoms with Crippen molar-refractivity contribution < 1.29 is 9.22 Å². The first-order chi connectivity index (χ1) is 13.9. The van der Waals surface area contributed by atoms with Crippen molar-refractivity contribution in [3.63, 3.8) is 0 Å². The molecule has 166 valence electrons. The zero-order chi connectivity index (χ0) is 22.5. The van der Waals surface area contributed by atoms with Crippen molar-refractivity contribution in [2.75, 3.05) is 0 Å². The van der Waals surface area contributed by atoms with E-state index in [1.807, 2.05) is 6.92 Å². The van der Waals surface area contributed by atoms with E-state index in [0.717, 1.165) is 42.5 Å². The van der Waals surface area contributed by atoms with Gasteiger partial charge in [0.05, 0.1) is 21.3 Å². The van der Waals surface area contributed by atoms with Gasteiger partial charge in [0.15, 0.2) is 8.32 Å². The third-order valence-electron chi connectivity index (χ3n) is 6.28. The van der Waals surface area contributed by atoms with Crippen LogP contribution in [0.4, 0.5) is 0 Å². The Hall–Kier alpha value is -1.30. The van der Waals surface area contributed by atoms with Crippen molar-refractivity contribution in [2.24, 2.45) is 5.92 Å². The van der Waals surface area contributed by atoms with Gasteiger partial charge in [-0.1, -0.05) is 45.4 Å². The zero-order valence-electron chi connectivity index (χ0n) is 20.0. The standard InChI is InChI=1S/C25H39NO2SSi/c1-18(10-9-11-19(2)17-27)12-14-23(28-30(7,8)25(4,5)6)21-13-15-24-22(16-21)26-20(3)29-24/h12-13,15-17,19,23H,9-11,14H2,1-8H3/b18-12-/t19-,23-/m0/s1. The Morgan fingerprint density at radius 3 is 2.63 bits per heavy atom. The molecule has 0 saturated carbocycles. The number of rotatable bonds is 10. The molecule has 0 aliphatic heterocycles. The zero-order valence-corrected chi connectivity index (χ0v) is 21.9. The summed E-state index contributed by atoms with van der Waals surface area (Å²) in [7, 11) is -1.92. The molecule has 0 aliphatic rings. The Bertz CT molecular complexity index is 879. The Labute approximate surface area is 188 Å². The van der Waals surface area contributed by atoms with Gasteiger partial charge in [-0.2, -0.15) is 0 Å². The van der Waals surface area contributed by atoms with Crippen LogP contribution in [0.1, 0.15) is 77.0 Å². The van der Waals surface area contributed by atoms with Crippen LogP contribution in [0, 0.1) is 12.8 Å². The molecule has 0 fully saturated rings. The normalized spacial score (nSPS) is 15.4. The summed E-state index contributed by atoms with van der Waals surface area (Å²) in [4.78, 5) is 15.5. The predicted molar refractivity (Wildman–Crippen MR) is 133 cm³/mol. The number of aromatic nitrogens is 1. The molecule has 1 heterocycles. The molecule has 0 aliphatic carbocycles. The molecular weight excluding hydrogens is 406 g/mol. The van der Waals surface area contributed by atoms with Gasteiger partial charge in [0.25, 0.3) is 0 Å². The molecule has 1 aromatic heterocycles. The number of fused-ring (bicyclic) bond motifs is 1. The van der Waals surface area contributed by atoms with Gasteiger partial charge >= 0.3 is 0 Å². The van der Waals surface area contributed by atoms with E-state index in [1.54, 1.807) is 11.3 Å². The predicted octanol–water partition coefficient (Wildman–Crippen LogP) is 8.01. The summed E-state index contributed by atoms with van der Waals surface area (Å²) in [5.74, 6) is 0.153. The Kier molecular flexibility index (Phi) is 8.60. The number of aryl methyl sites for hydroxylation is 1. The van der Waals surface area contributed by atoms with Gasteiger partial charge in [-0.3, -0.25) is 0 Å². The highest BCUT2D eigenvalue weighted by Crippen LogP contribution is 2.41. The number of carbonyl (C=O) groups is 1.